The smallest absolute Gasteiger partial charge is 0.255 e. The minimum atomic E-state index is -0.320. The molecule has 0 radical (unpaired) electrons. The highest BCUT2D eigenvalue weighted by atomic mass is 32.1. The van der Waals surface area contributed by atoms with Crippen LogP contribution in [-0.4, -0.2) is 54.8 Å². The van der Waals surface area contributed by atoms with Gasteiger partial charge in [0.1, 0.15) is 0 Å². The van der Waals surface area contributed by atoms with Crippen molar-refractivity contribution in [3.63, 3.8) is 0 Å². The van der Waals surface area contributed by atoms with Gasteiger partial charge in [-0.25, -0.2) is 0 Å². The summed E-state index contributed by atoms with van der Waals surface area (Å²) in [5.41, 5.74) is 7.59. The fourth-order valence-corrected chi connectivity index (χ4v) is 4.50. The summed E-state index contributed by atoms with van der Waals surface area (Å²) in [7, 11) is 1.97. The van der Waals surface area contributed by atoms with Gasteiger partial charge in [0, 0.05) is 36.4 Å². The minimum Gasteiger partial charge on any atom is -0.369 e. The van der Waals surface area contributed by atoms with Crippen molar-refractivity contribution in [2.24, 2.45) is 11.7 Å². The number of nitrogens with zero attached hydrogens (tertiary/aromatic N) is 2. The molecule has 120 valence electrons. The third kappa shape index (κ3) is 3.03. The number of hydrogen-bond acceptors (Lipinski definition) is 4. The van der Waals surface area contributed by atoms with Crippen LogP contribution in [0, 0.1) is 5.92 Å². The van der Waals surface area contributed by atoms with E-state index in [2.05, 4.69) is 4.90 Å². The highest BCUT2D eigenvalue weighted by Gasteiger charge is 2.30. The maximum Gasteiger partial charge on any atom is 0.255 e. The number of hydrogen-bond donors (Lipinski definition) is 1. The number of likely N-dealkylation sites (N-methyl/N-ethyl adjacent to an activating group) is 1. The lowest BCUT2D eigenvalue weighted by Crippen LogP contribution is -2.40. The summed E-state index contributed by atoms with van der Waals surface area (Å²) in [5.74, 6) is -0.536. The van der Waals surface area contributed by atoms with E-state index in [1.54, 1.807) is 11.3 Å². The van der Waals surface area contributed by atoms with Crippen LogP contribution in [0.15, 0.2) is 5.38 Å². The summed E-state index contributed by atoms with van der Waals surface area (Å²) in [4.78, 5) is 29.8. The number of fused-ring (bicyclic) bond motifs is 1. The van der Waals surface area contributed by atoms with E-state index in [0.717, 1.165) is 31.4 Å². The molecule has 1 aromatic rings. The van der Waals surface area contributed by atoms with Gasteiger partial charge in [-0.15, -0.1) is 11.3 Å². The van der Waals surface area contributed by atoms with Gasteiger partial charge in [-0.1, -0.05) is 0 Å². The normalized spacial score (nSPS) is 23.0. The van der Waals surface area contributed by atoms with Gasteiger partial charge in [-0.05, 0) is 38.3 Å². The minimum absolute atomic E-state index is 0.0703. The Bertz CT molecular complexity index is 584. The number of aryl methyl sites for hydroxylation is 1. The van der Waals surface area contributed by atoms with Crippen molar-refractivity contribution in [3.05, 3.63) is 21.4 Å². The molecule has 1 aliphatic carbocycles. The van der Waals surface area contributed by atoms with E-state index in [0.29, 0.717) is 19.6 Å². The number of carbonyl (C=O) groups excluding carboxylic acids is 2. The highest BCUT2D eigenvalue weighted by Crippen LogP contribution is 2.31. The lowest BCUT2D eigenvalue weighted by molar-refractivity contribution is -0.122. The van der Waals surface area contributed by atoms with Gasteiger partial charge in [-0.3, -0.25) is 9.59 Å². The van der Waals surface area contributed by atoms with Crippen molar-refractivity contribution in [2.75, 3.05) is 33.2 Å². The van der Waals surface area contributed by atoms with Gasteiger partial charge in [0.15, 0.2) is 0 Å². The number of rotatable bonds is 2. The second-order valence-electron chi connectivity index (χ2n) is 6.37. The van der Waals surface area contributed by atoms with Gasteiger partial charge in [0.05, 0.1) is 11.5 Å². The molecule has 2 amide bonds. The molecule has 1 aliphatic heterocycles. The number of amides is 2. The first kappa shape index (κ1) is 15.5. The van der Waals surface area contributed by atoms with Gasteiger partial charge >= 0.3 is 0 Å². The van der Waals surface area contributed by atoms with Crippen LogP contribution in [0.25, 0.3) is 0 Å². The predicted molar refractivity (Wildman–Crippen MR) is 87.0 cm³/mol. The molecule has 1 atom stereocenters. The summed E-state index contributed by atoms with van der Waals surface area (Å²) in [6, 6.07) is 0. The molecular formula is C16H23N3O2S. The van der Waals surface area contributed by atoms with Crippen LogP contribution in [0.1, 0.15) is 33.6 Å². The molecule has 2 aliphatic rings. The summed E-state index contributed by atoms with van der Waals surface area (Å²) in [5, 5.41) is 2.01. The molecule has 5 nitrogen and oxygen atoms in total. The summed E-state index contributed by atoms with van der Waals surface area (Å²) in [6.07, 6.45) is 4.49. The topological polar surface area (TPSA) is 66.6 Å². The van der Waals surface area contributed by atoms with E-state index in [-0.39, 0.29) is 17.7 Å². The van der Waals surface area contributed by atoms with Crippen molar-refractivity contribution in [1.29, 1.82) is 0 Å². The highest BCUT2D eigenvalue weighted by molar-refractivity contribution is 7.10. The molecule has 1 saturated heterocycles. The zero-order valence-electron chi connectivity index (χ0n) is 13.0. The van der Waals surface area contributed by atoms with Crippen molar-refractivity contribution in [1.82, 2.24) is 9.80 Å². The third-order valence-electron chi connectivity index (χ3n) is 4.71. The van der Waals surface area contributed by atoms with Crippen LogP contribution in [0.3, 0.4) is 0 Å². The van der Waals surface area contributed by atoms with E-state index in [1.165, 1.54) is 16.9 Å². The Morgan fingerprint density at radius 1 is 1.23 bits per heavy atom. The summed E-state index contributed by atoms with van der Waals surface area (Å²) >= 11 is 1.71. The molecule has 1 unspecified atom stereocenters. The van der Waals surface area contributed by atoms with E-state index in [4.69, 9.17) is 5.73 Å². The van der Waals surface area contributed by atoms with Crippen LogP contribution in [0.4, 0.5) is 0 Å². The molecule has 1 fully saturated rings. The number of thiophene rings is 1. The number of primary amides is 1. The zero-order chi connectivity index (χ0) is 15.7. The SMILES string of the molecule is CN1CCN(C(=O)c2csc3c2CCCC3)CC(C(N)=O)C1. The van der Waals surface area contributed by atoms with E-state index in [1.807, 2.05) is 17.3 Å². The molecule has 6 heteroatoms. The van der Waals surface area contributed by atoms with Crippen molar-refractivity contribution >= 4 is 23.2 Å². The molecule has 2 N–H and O–H groups in total. The van der Waals surface area contributed by atoms with Gasteiger partial charge in [-0.2, -0.15) is 0 Å². The Hall–Kier alpha value is -1.40. The van der Waals surface area contributed by atoms with E-state index < -0.39 is 0 Å². The number of nitrogens with two attached hydrogens (primary N) is 1. The second-order valence-corrected chi connectivity index (χ2v) is 7.34. The van der Waals surface area contributed by atoms with Gasteiger partial charge in [0.25, 0.3) is 5.91 Å². The standard InChI is InChI=1S/C16H23N3O2S/c1-18-6-7-19(9-11(8-18)15(17)20)16(21)13-10-22-14-5-3-2-4-12(13)14/h10-11H,2-9H2,1H3,(H2,17,20). The molecule has 22 heavy (non-hydrogen) atoms. The average molecular weight is 321 g/mol. The van der Waals surface area contributed by atoms with Crippen molar-refractivity contribution in [3.8, 4) is 0 Å². The van der Waals surface area contributed by atoms with Crippen molar-refractivity contribution in [2.45, 2.75) is 25.7 Å². The average Bonchev–Trinajstić information content (AvgIpc) is 2.82. The largest absolute Gasteiger partial charge is 0.369 e. The maximum absolute atomic E-state index is 12.9. The fraction of sp³-hybridized carbons (Fsp3) is 0.625. The second kappa shape index (κ2) is 6.38. The Labute approximate surface area is 135 Å². The first-order chi connectivity index (χ1) is 10.6. The molecule has 0 saturated carbocycles. The number of carbonyl (C=O) groups is 2. The zero-order valence-corrected chi connectivity index (χ0v) is 13.8. The first-order valence-electron chi connectivity index (χ1n) is 7.92. The van der Waals surface area contributed by atoms with Crippen LogP contribution in [0.2, 0.25) is 0 Å². The summed E-state index contributed by atoms with van der Waals surface area (Å²) in [6.45, 7) is 2.50. The Balaban J connectivity index is 1.81. The lowest BCUT2D eigenvalue weighted by atomic mass is 9.95. The molecule has 0 spiro atoms. The van der Waals surface area contributed by atoms with Crippen LogP contribution in [0.5, 0.6) is 0 Å². The third-order valence-corrected chi connectivity index (χ3v) is 5.79. The Morgan fingerprint density at radius 3 is 2.77 bits per heavy atom. The molecule has 0 bridgehead atoms. The van der Waals surface area contributed by atoms with Crippen molar-refractivity contribution < 1.29 is 9.59 Å². The lowest BCUT2D eigenvalue weighted by Gasteiger charge is -2.23. The van der Waals surface area contributed by atoms with E-state index >= 15 is 0 Å². The quantitative estimate of drug-likeness (QED) is 0.887. The van der Waals surface area contributed by atoms with E-state index in [9.17, 15) is 9.59 Å². The Morgan fingerprint density at radius 2 is 2.00 bits per heavy atom. The van der Waals surface area contributed by atoms with Crippen LogP contribution in [-0.2, 0) is 17.6 Å². The summed E-state index contributed by atoms with van der Waals surface area (Å²) < 4.78 is 0. The molecule has 0 aromatic carbocycles. The Kier molecular flexibility index (Phi) is 4.49. The molecule has 2 heterocycles. The maximum atomic E-state index is 12.9. The monoisotopic (exact) mass is 321 g/mol. The van der Waals surface area contributed by atoms with Crippen LogP contribution >= 0.6 is 11.3 Å². The molecular weight excluding hydrogens is 298 g/mol. The van der Waals surface area contributed by atoms with Crippen LogP contribution < -0.4 is 5.73 Å². The molecule has 3 rings (SSSR count). The molecule has 1 aromatic heterocycles. The predicted octanol–water partition coefficient (Wildman–Crippen LogP) is 1.12. The van der Waals surface area contributed by atoms with Gasteiger partial charge < -0.3 is 15.5 Å². The fourth-order valence-electron chi connectivity index (χ4n) is 3.38. The van der Waals surface area contributed by atoms with Gasteiger partial charge in [0.2, 0.25) is 5.91 Å². The first-order valence-corrected chi connectivity index (χ1v) is 8.80.